The standard InChI is InChI=1S/C15H21N3O/c1-15(2,3)12-7-4-5-8-13(12)18-11-14(19)17-10-6-9-16/h4-5,7-8,18H,6,10-11H2,1-3H3,(H,17,19). The number of nitriles is 1. The Balaban J connectivity index is 2.59. The van der Waals surface area contributed by atoms with Crippen LogP contribution in [0.15, 0.2) is 24.3 Å². The summed E-state index contributed by atoms with van der Waals surface area (Å²) in [6.07, 6.45) is 0.338. The minimum absolute atomic E-state index is 0.0286. The fourth-order valence-electron chi connectivity index (χ4n) is 1.79. The number of rotatable bonds is 5. The number of nitrogens with zero attached hydrogens (tertiary/aromatic N) is 1. The molecule has 0 aliphatic carbocycles. The van der Waals surface area contributed by atoms with Gasteiger partial charge in [0.1, 0.15) is 0 Å². The molecule has 0 fully saturated rings. The van der Waals surface area contributed by atoms with Crippen LogP contribution in [0.4, 0.5) is 5.69 Å². The molecule has 0 bridgehead atoms. The first-order chi connectivity index (χ1) is 8.95. The van der Waals surface area contributed by atoms with Crippen LogP contribution in [0.25, 0.3) is 0 Å². The van der Waals surface area contributed by atoms with Crippen LogP contribution in [0, 0.1) is 11.3 Å². The molecule has 4 nitrogen and oxygen atoms in total. The molecule has 0 unspecified atom stereocenters. The molecule has 0 saturated heterocycles. The lowest BCUT2D eigenvalue weighted by atomic mass is 9.86. The van der Waals surface area contributed by atoms with E-state index in [9.17, 15) is 4.79 Å². The third-order valence-corrected chi connectivity index (χ3v) is 2.73. The number of carbonyl (C=O) groups excluding carboxylic acids is 1. The molecule has 1 aromatic rings. The Kier molecular flexibility index (Phi) is 5.37. The van der Waals surface area contributed by atoms with Gasteiger partial charge in [-0.1, -0.05) is 39.0 Å². The number of para-hydroxylation sites is 1. The highest BCUT2D eigenvalue weighted by Gasteiger charge is 2.17. The van der Waals surface area contributed by atoms with Crippen LogP contribution in [-0.2, 0) is 10.2 Å². The highest BCUT2D eigenvalue weighted by molar-refractivity contribution is 5.81. The lowest BCUT2D eigenvalue weighted by Gasteiger charge is -2.23. The Hall–Kier alpha value is -2.02. The van der Waals surface area contributed by atoms with Crippen molar-refractivity contribution in [3.8, 4) is 6.07 Å². The average Bonchev–Trinajstić information content (AvgIpc) is 2.36. The van der Waals surface area contributed by atoms with Crippen LogP contribution in [0.2, 0.25) is 0 Å². The van der Waals surface area contributed by atoms with Crippen molar-refractivity contribution >= 4 is 11.6 Å². The Bertz CT molecular complexity index is 469. The predicted molar refractivity (Wildman–Crippen MR) is 76.9 cm³/mol. The van der Waals surface area contributed by atoms with E-state index in [2.05, 4.69) is 37.5 Å². The van der Waals surface area contributed by atoms with Crippen LogP contribution in [0.5, 0.6) is 0 Å². The summed E-state index contributed by atoms with van der Waals surface area (Å²) >= 11 is 0. The summed E-state index contributed by atoms with van der Waals surface area (Å²) in [5, 5.41) is 14.2. The molecule has 2 N–H and O–H groups in total. The van der Waals surface area contributed by atoms with Crippen LogP contribution in [-0.4, -0.2) is 19.0 Å². The second-order valence-corrected chi connectivity index (χ2v) is 5.41. The van der Waals surface area contributed by atoms with Crippen molar-refractivity contribution < 1.29 is 4.79 Å². The molecule has 0 saturated carbocycles. The van der Waals surface area contributed by atoms with E-state index in [1.807, 2.05) is 24.3 Å². The summed E-state index contributed by atoms with van der Waals surface area (Å²) in [6.45, 7) is 7.04. The minimum Gasteiger partial charge on any atom is -0.376 e. The van der Waals surface area contributed by atoms with E-state index in [1.165, 1.54) is 5.56 Å². The molecule has 19 heavy (non-hydrogen) atoms. The van der Waals surface area contributed by atoms with Crippen molar-refractivity contribution in [2.75, 3.05) is 18.4 Å². The second kappa shape index (κ2) is 6.79. The molecule has 0 radical (unpaired) electrons. The summed E-state index contributed by atoms with van der Waals surface area (Å²) < 4.78 is 0. The summed E-state index contributed by atoms with van der Waals surface area (Å²) in [5.41, 5.74) is 2.19. The third-order valence-electron chi connectivity index (χ3n) is 2.73. The molecule has 0 aliphatic rings. The largest absolute Gasteiger partial charge is 0.376 e. The highest BCUT2D eigenvalue weighted by Crippen LogP contribution is 2.28. The van der Waals surface area contributed by atoms with E-state index in [0.717, 1.165) is 5.69 Å². The van der Waals surface area contributed by atoms with Crippen LogP contribution in [0.1, 0.15) is 32.8 Å². The SMILES string of the molecule is CC(C)(C)c1ccccc1NCC(=O)NCCC#N. The summed E-state index contributed by atoms with van der Waals surface area (Å²) in [5.74, 6) is -0.0982. The Morgan fingerprint density at radius 2 is 2.00 bits per heavy atom. The maximum Gasteiger partial charge on any atom is 0.239 e. The topological polar surface area (TPSA) is 64.9 Å². The molecule has 1 rings (SSSR count). The summed E-state index contributed by atoms with van der Waals surface area (Å²) in [6, 6.07) is 9.98. The molecule has 0 aliphatic heterocycles. The summed E-state index contributed by atoms with van der Waals surface area (Å²) in [7, 11) is 0. The number of benzene rings is 1. The number of nitrogens with one attached hydrogen (secondary N) is 2. The van der Waals surface area contributed by atoms with Crippen molar-refractivity contribution in [2.45, 2.75) is 32.6 Å². The van der Waals surface area contributed by atoms with Crippen molar-refractivity contribution in [3.05, 3.63) is 29.8 Å². The van der Waals surface area contributed by atoms with Gasteiger partial charge >= 0.3 is 0 Å². The zero-order valence-corrected chi connectivity index (χ0v) is 11.8. The fourth-order valence-corrected chi connectivity index (χ4v) is 1.79. The quantitative estimate of drug-likeness (QED) is 0.798. The molecular weight excluding hydrogens is 238 g/mol. The van der Waals surface area contributed by atoms with Gasteiger partial charge in [0.2, 0.25) is 5.91 Å². The van der Waals surface area contributed by atoms with E-state index in [1.54, 1.807) is 0 Å². The van der Waals surface area contributed by atoms with Gasteiger partial charge in [-0.3, -0.25) is 4.79 Å². The van der Waals surface area contributed by atoms with E-state index < -0.39 is 0 Å². The van der Waals surface area contributed by atoms with Gasteiger partial charge in [0, 0.05) is 12.2 Å². The molecule has 4 heteroatoms. The zero-order chi connectivity index (χ0) is 14.3. The maximum atomic E-state index is 11.6. The van der Waals surface area contributed by atoms with Gasteiger partial charge in [0.05, 0.1) is 19.0 Å². The van der Waals surface area contributed by atoms with E-state index in [-0.39, 0.29) is 17.9 Å². The number of hydrogen-bond acceptors (Lipinski definition) is 3. The molecule has 0 aromatic heterocycles. The van der Waals surface area contributed by atoms with Crippen LogP contribution < -0.4 is 10.6 Å². The highest BCUT2D eigenvalue weighted by atomic mass is 16.1. The predicted octanol–water partition coefficient (Wildman–Crippen LogP) is 2.43. The molecule has 0 heterocycles. The average molecular weight is 259 g/mol. The van der Waals surface area contributed by atoms with Gasteiger partial charge in [0.15, 0.2) is 0 Å². The number of amides is 1. The van der Waals surface area contributed by atoms with Gasteiger partial charge in [-0.15, -0.1) is 0 Å². The minimum atomic E-state index is -0.0982. The van der Waals surface area contributed by atoms with E-state index in [0.29, 0.717) is 13.0 Å². The van der Waals surface area contributed by atoms with Crippen molar-refractivity contribution in [3.63, 3.8) is 0 Å². The molecule has 1 aromatic carbocycles. The van der Waals surface area contributed by atoms with E-state index >= 15 is 0 Å². The van der Waals surface area contributed by atoms with E-state index in [4.69, 9.17) is 5.26 Å². The molecule has 0 atom stereocenters. The molecule has 1 amide bonds. The molecular formula is C15H21N3O. The molecule has 102 valence electrons. The first kappa shape index (κ1) is 15.0. The third kappa shape index (κ3) is 5.01. The summed E-state index contributed by atoms with van der Waals surface area (Å²) in [4.78, 5) is 11.6. The fraction of sp³-hybridized carbons (Fsp3) is 0.467. The van der Waals surface area contributed by atoms with Gasteiger partial charge in [-0.2, -0.15) is 5.26 Å². The number of anilines is 1. The van der Waals surface area contributed by atoms with Gasteiger partial charge in [-0.25, -0.2) is 0 Å². The lowest BCUT2D eigenvalue weighted by Crippen LogP contribution is -2.31. The number of carbonyl (C=O) groups is 1. The Morgan fingerprint density at radius 1 is 1.32 bits per heavy atom. The van der Waals surface area contributed by atoms with Gasteiger partial charge in [0.25, 0.3) is 0 Å². The zero-order valence-electron chi connectivity index (χ0n) is 11.8. The van der Waals surface area contributed by atoms with Crippen molar-refractivity contribution in [2.24, 2.45) is 0 Å². The van der Waals surface area contributed by atoms with Crippen molar-refractivity contribution in [1.29, 1.82) is 5.26 Å². The maximum absolute atomic E-state index is 11.6. The molecule has 0 spiro atoms. The first-order valence-electron chi connectivity index (χ1n) is 6.42. The monoisotopic (exact) mass is 259 g/mol. The Labute approximate surface area is 114 Å². The van der Waals surface area contributed by atoms with Gasteiger partial charge in [-0.05, 0) is 17.0 Å². The van der Waals surface area contributed by atoms with Crippen molar-refractivity contribution in [1.82, 2.24) is 5.32 Å². The first-order valence-corrected chi connectivity index (χ1v) is 6.42. The van der Waals surface area contributed by atoms with Gasteiger partial charge < -0.3 is 10.6 Å². The van der Waals surface area contributed by atoms with Crippen LogP contribution >= 0.6 is 0 Å². The number of hydrogen-bond donors (Lipinski definition) is 2. The smallest absolute Gasteiger partial charge is 0.239 e. The second-order valence-electron chi connectivity index (χ2n) is 5.41. The Morgan fingerprint density at radius 3 is 2.63 bits per heavy atom. The lowest BCUT2D eigenvalue weighted by molar-refractivity contribution is -0.119. The normalized spacial score (nSPS) is 10.6. The van der Waals surface area contributed by atoms with Crippen LogP contribution in [0.3, 0.4) is 0 Å².